The summed E-state index contributed by atoms with van der Waals surface area (Å²) in [6.07, 6.45) is 4.58. The second-order valence-corrected chi connectivity index (χ2v) is 8.47. The van der Waals surface area contributed by atoms with Gasteiger partial charge in [0.15, 0.2) is 11.0 Å². The van der Waals surface area contributed by atoms with Crippen molar-refractivity contribution in [2.45, 2.75) is 30.8 Å². The van der Waals surface area contributed by atoms with E-state index in [2.05, 4.69) is 56.3 Å². The highest BCUT2D eigenvalue weighted by Gasteiger charge is 2.15. The number of ether oxygens (including phenoxy) is 1. The van der Waals surface area contributed by atoms with E-state index < -0.39 is 0 Å². The Morgan fingerprint density at radius 3 is 2.57 bits per heavy atom. The molecule has 0 aliphatic heterocycles. The number of pyridine rings is 1. The van der Waals surface area contributed by atoms with E-state index in [9.17, 15) is 0 Å². The van der Waals surface area contributed by atoms with Crippen LogP contribution in [0.2, 0.25) is 0 Å². The quantitative estimate of drug-likeness (QED) is 0.345. The van der Waals surface area contributed by atoms with Crippen molar-refractivity contribution >= 4 is 23.1 Å². The number of hydrogen-bond acceptors (Lipinski definition) is 7. The summed E-state index contributed by atoms with van der Waals surface area (Å²) >= 11 is 3.32. The Labute approximate surface area is 184 Å². The largest absolute Gasteiger partial charge is 0.383 e. The van der Waals surface area contributed by atoms with Gasteiger partial charge in [-0.05, 0) is 24.1 Å². The summed E-state index contributed by atoms with van der Waals surface area (Å²) in [5, 5.41) is 12.9. The van der Waals surface area contributed by atoms with Crippen LogP contribution < -0.4 is 0 Å². The van der Waals surface area contributed by atoms with Crippen molar-refractivity contribution in [3.63, 3.8) is 0 Å². The number of benzene rings is 1. The van der Waals surface area contributed by atoms with Crippen LogP contribution in [0.25, 0.3) is 22.0 Å². The van der Waals surface area contributed by atoms with Gasteiger partial charge in [-0.25, -0.2) is 4.98 Å². The van der Waals surface area contributed by atoms with Crippen molar-refractivity contribution in [3.05, 3.63) is 65.4 Å². The first-order valence-corrected chi connectivity index (χ1v) is 11.6. The van der Waals surface area contributed by atoms with Gasteiger partial charge in [-0.1, -0.05) is 43.0 Å². The van der Waals surface area contributed by atoms with Crippen molar-refractivity contribution in [3.8, 4) is 22.0 Å². The van der Waals surface area contributed by atoms with Crippen molar-refractivity contribution in [2.75, 3.05) is 13.7 Å². The van der Waals surface area contributed by atoms with Crippen LogP contribution in [0, 0.1) is 0 Å². The first kappa shape index (κ1) is 20.7. The molecule has 0 atom stereocenters. The van der Waals surface area contributed by atoms with Gasteiger partial charge in [-0.2, -0.15) is 0 Å². The molecule has 1 aromatic carbocycles. The molecule has 0 N–H and O–H groups in total. The van der Waals surface area contributed by atoms with E-state index in [4.69, 9.17) is 9.72 Å². The summed E-state index contributed by atoms with van der Waals surface area (Å²) < 4.78 is 7.38. The maximum absolute atomic E-state index is 5.28. The van der Waals surface area contributed by atoms with Gasteiger partial charge in [0.1, 0.15) is 5.01 Å². The molecule has 3 heterocycles. The van der Waals surface area contributed by atoms with Gasteiger partial charge in [0, 0.05) is 41.8 Å². The summed E-state index contributed by atoms with van der Waals surface area (Å²) in [4.78, 5) is 8.90. The molecule has 4 rings (SSSR count). The van der Waals surface area contributed by atoms with E-state index >= 15 is 0 Å². The Balaban J connectivity index is 1.49. The Morgan fingerprint density at radius 1 is 1.03 bits per heavy atom. The molecule has 0 aliphatic rings. The Kier molecular flexibility index (Phi) is 6.88. The maximum Gasteiger partial charge on any atom is 0.191 e. The molecular formula is C22H23N5OS2. The van der Waals surface area contributed by atoms with Gasteiger partial charge in [0.2, 0.25) is 0 Å². The lowest BCUT2D eigenvalue weighted by Gasteiger charge is -2.09. The third kappa shape index (κ3) is 4.77. The molecule has 0 aliphatic carbocycles. The minimum Gasteiger partial charge on any atom is -0.383 e. The van der Waals surface area contributed by atoms with Crippen LogP contribution in [-0.2, 0) is 23.5 Å². The molecule has 0 fully saturated rings. The fourth-order valence-corrected chi connectivity index (χ4v) is 4.81. The van der Waals surface area contributed by atoms with Gasteiger partial charge in [0.05, 0.1) is 18.8 Å². The average Bonchev–Trinajstić information content (AvgIpc) is 3.44. The van der Waals surface area contributed by atoms with Gasteiger partial charge in [-0.3, -0.25) is 9.55 Å². The lowest BCUT2D eigenvalue weighted by atomic mass is 10.1. The van der Waals surface area contributed by atoms with Gasteiger partial charge >= 0.3 is 0 Å². The highest BCUT2D eigenvalue weighted by molar-refractivity contribution is 7.98. The third-order valence-electron chi connectivity index (χ3n) is 4.68. The lowest BCUT2D eigenvalue weighted by Crippen LogP contribution is -2.07. The minimum atomic E-state index is 0.596. The predicted octanol–water partition coefficient (Wildman–Crippen LogP) is 4.96. The van der Waals surface area contributed by atoms with Crippen LogP contribution in [0.15, 0.2) is 59.3 Å². The summed E-state index contributed by atoms with van der Waals surface area (Å²) in [7, 11) is 1.70. The molecule has 6 nitrogen and oxygen atoms in total. The molecule has 3 aromatic heterocycles. The van der Waals surface area contributed by atoms with Crippen molar-refractivity contribution in [2.24, 2.45) is 0 Å². The topological polar surface area (TPSA) is 65.7 Å². The monoisotopic (exact) mass is 437 g/mol. The molecule has 0 saturated carbocycles. The summed E-state index contributed by atoms with van der Waals surface area (Å²) in [5.41, 5.74) is 4.54. The highest BCUT2D eigenvalue weighted by atomic mass is 32.2. The number of hydrogen-bond donors (Lipinski definition) is 0. The highest BCUT2D eigenvalue weighted by Crippen LogP contribution is 2.29. The molecule has 0 amide bonds. The van der Waals surface area contributed by atoms with Crippen LogP contribution in [-0.4, -0.2) is 38.4 Å². The molecule has 0 saturated heterocycles. The van der Waals surface area contributed by atoms with Crippen LogP contribution in [0.1, 0.15) is 18.2 Å². The van der Waals surface area contributed by atoms with Crippen molar-refractivity contribution in [1.29, 1.82) is 0 Å². The number of methoxy groups -OCH3 is 1. The first-order valence-electron chi connectivity index (χ1n) is 9.77. The van der Waals surface area contributed by atoms with E-state index in [1.165, 1.54) is 5.56 Å². The number of thioether (sulfide) groups is 1. The third-order valence-corrected chi connectivity index (χ3v) is 6.62. The first-order chi connectivity index (χ1) is 14.8. The molecule has 154 valence electrons. The SMILES string of the molecule is CCc1ccc(-c2nc(CSc3nnc(-c4ccncc4)n3CCOC)cs2)cc1. The van der Waals surface area contributed by atoms with Crippen molar-refractivity contribution < 1.29 is 4.74 Å². The predicted molar refractivity (Wildman–Crippen MR) is 122 cm³/mol. The molecule has 0 unspecified atom stereocenters. The standard InChI is InChI=1S/C22H23N5OS2/c1-3-16-4-6-18(7-5-16)21-24-19(14-29-21)15-30-22-26-25-20(27(22)12-13-28-2)17-8-10-23-11-9-17/h4-11,14H,3,12-13,15H2,1-2H3. The fourth-order valence-electron chi connectivity index (χ4n) is 3.02. The zero-order valence-corrected chi connectivity index (χ0v) is 18.6. The number of thiazole rings is 1. The fraction of sp³-hybridized carbons (Fsp3) is 0.273. The second-order valence-electron chi connectivity index (χ2n) is 6.67. The maximum atomic E-state index is 5.28. The summed E-state index contributed by atoms with van der Waals surface area (Å²) in [6.45, 7) is 3.45. The van der Waals surface area contributed by atoms with Crippen LogP contribution >= 0.6 is 23.1 Å². The second kappa shape index (κ2) is 9.97. The van der Waals surface area contributed by atoms with Gasteiger partial charge < -0.3 is 4.74 Å². The van der Waals surface area contributed by atoms with Crippen LogP contribution in [0.3, 0.4) is 0 Å². The summed E-state index contributed by atoms with van der Waals surface area (Å²) in [6, 6.07) is 12.5. The van der Waals surface area contributed by atoms with E-state index in [-0.39, 0.29) is 0 Å². The molecule has 4 aromatic rings. The zero-order chi connectivity index (χ0) is 20.8. The minimum absolute atomic E-state index is 0.596. The van der Waals surface area contributed by atoms with Crippen LogP contribution in [0.4, 0.5) is 0 Å². The number of rotatable bonds is 9. The lowest BCUT2D eigenvalue weighted by molar-refractivity contribution is 0.185. The van der Waals surface area contributed by atoms with Crippen LogP contribution in [0.5, 0.6) is 0 Å². The normalized spacial score (nSPS) is 11.1. The number of aromatic nitrogens is 5. The number of aryl methyl sites for hydroxylation is 1. The van der Waals surface area contributed by atoms with E-state index in [0.29, 0.717) is 13.2 Å². The molecule has 30 heavy (non-hydrogen) atoms. The number of nitrogens with zero attached hydrogens (tertiary/aromatic N) is 5. The Morgan fingerprint density at radius 2 is 1.83 bits per heavy atom. The summed E-state index contributed by atoms with van der Waals surface area (Å²) in [5.74, 6) is 1.57. The van der Waals surface area contributed by atoms with E-state index in [0.717, 1.165) is 45.0 Å². The van der Waals surface area contributed by atoms with Gasteiger partial charge in [0.25, 0.3) is 0 Å². The van der Waals surface area contributed by atoms with E-state index in [1.807, 2.05) is 12.1 Å². The smallest absolute Gasteiger partial charge is 0.191 e. The average molecular weight is 438 g/mol. The van der Waals surface area contributed by atoms with E-state index in [1.54, 1.807) is 42.6 Å². The van der Waals surface area contributed by atoms with Gasteiger partial charge in [-0.15, -0.1) is 21.5 Å². The molecule has 0 spiro atoms. The zero-order valence-electron chi connectivity index (χ0n) is 17.0. The Bertz CT molecular complexity index is 1080. The molecule has 0 bridgehead atoms. The molecule has 0 radical (unpaired) electrons. The van der Waals surface area contributed by atoms with Crippen molar-refractivity contribution in [1.82, 2.24) is 24.7 Å². The molecule has 8 heteroatoms. The Hall–Kier alpha value is -2.55. The molecular weight excluding hydrogens is 414 g/mol.